The Morgan fingerprint density at radius 3 is 2.00 bits per heavy atom. The lowest BCUT2D eigenvalue weighted by Gasteiger charge is -2.27. The molecular weight excluding hydrogens is 386 g/mol. The van der Waals surface area contributed by atoms with E-state index in [2.05, 4.69) is 16.0 Å². The van der Waals surface area contributed by atoms with Gasteiger partial charge in [0.15, 0.2) is 0 Å². The number of hydrogen-bond acceptors (Lipinski definition) is 7. The van der Waals surface area contributed by atoms with Crippen molar-refractivity contribution in [2.24, 2.45) is 17.4 Å². The van der Waals surface area contributed by atoms with Crippen molar-refractivity contribution in [3.8, 4) is 0 Å². The molecule has 0 aliphatic carbocycles. The van der Waals surface area contributed by atoms with E-state index in [1.165, 1.54) is 6.92 Å². The zero-order chi connectivity index (χ0) is 22.7. The van der Waals surface area contributed by atoms with Crippen LogP contribution in [0.5, 0.6) is 0 Å². The number of carboxylic acids is 1. The minimum Gasteiger partial charge on any atom is -0.480 e. The standard InChI is InChI=1S/C17H31N5O7/c1-4-8(2)13(16(27)20-9(3)17(28)29)22-15(26)11(7-23)21-14(25)10(18)5-6-12(19)24/h8-11,13,23H,4-7,18H2,1-3H3,(H2,19,24)(H,20,27)(H,21,25)(H,22,26)(H,28,29). The Balaban J connectivity index is 5.10. The van der Waals surface area contributed by atoms with Crippen LogP contribution in [0.25, 0.3) is 0 Å². The molecule has 5 unspecified atom stereocenters. The van der Waals surface area contributed by atoms with Crippen LogP contribution in [0.3, 0.4) is 0 Å². The van der Waals surface area contributed by atoms with Crippen LogP contribution in [0.15, 0.2) is 0 Å². The van der Waals surface area contributed by atoms with Crippen LogP contribution in [-0.2, 0) is 24.0 Å². The van der Waals surface area contributed by atoms with E-state index in [1.807, 2.05) is 0 Å². The molecule has 0 rings (SSSR count). The molecule has 12 heteroatoms. The van der Waals surface area contributed by atoms with Crippen LogP contribution >= 0.6 is 0 Å². The highest BCUT2D eigenvalue weighted by Gasteiger charge is 2.31. The van der Waals surface area contributed by atoms with Crippen molar-refractivity contribution in [2.45, 2.75) is 64.2 Å². The Bertz CT molecular complexity index is 613. The zero-order valence-electron chi connectivity index (χ0n) is 16.8. The molecule has 0 radical (unpaired) electrons. The van der Waals surface area contributed by atoms with Crippen LogP contribution < -0.4 is 27.4 Å². The molecule has 0 spiro atoms. The fourth-order valence-electron chi connectivity index (χ4n) is 2.22. The smallest absolute Gasteiger partial charge is 0.325 e. The second-order valence-electron chi connectivity index (χ2n) is 6.80. The van der Waals surface area contributed by atoms with Gasteiger partial charge in [0.25, 0.3) is 0 Å². The summed E-state index contributed by atoms with van der Waals surface area (Å²) in [6, 6.07) is -4.75. The second-order valence-corrected chi connectivity index (χ2v) is 6.80. The van der Waals surface area contributed by atoms with Gasteiger partial charge in [-0.15, -0.1) is 0 Å². The van der Waals surface area contributed by atoms with Crippen molar-refractivity contribution in [1.29, 1.82) is 0 Å². The van der Waals surface area contributed by atoms with Crippen LogP contribution in [0.1, 0.15) is 40.0 Å². The van der Waals surface area contributed by atoms with E-state index in [0.717, 1.165) is 0 Å². The van der Waals surface area contributed by atoms with Gasteiger partial charge in [0.1, 0.15) is 18.1 Å². The second kappa shape index (κ2) is 12.7. The summed E-state index contributed by atoms with van der Waals surface area (Å²) in [6.45, 7) is 3.98. The maximum atomic E-state index is 12.5. The summed E-state index contributed by atoms with van der Waals surface area (Å²) in [6.07, 6.45) is 0.336. The molecule has 0 saturated carbocycles. The van der Waals surface area contributed by atoms with Gasteiger partial charge in [0.2, 0.25) is 23.6 Å². The molecule has 0 aliphatic heterocycles. The lowest BCUT2D eigenvalue weighted by atomic mass is 9.97. The van der Waals surface area contributed by atoms with E-state index in [-0.39, 0.29) is 18.8 Å². The van der Waals surface area contributed by atoms with Crippen molar-refractivity contribution >= 4 is 29.6 Å². The molecule has 12 nitrogen and oxygen atoms in total. The molecule has 9 N–H and O–H groups in total. The first kappa shape index (κ1) is 26.3. The molecule has 5 atom stereocenters. The van der Waals surface area contributed by atoms with E-state index in [1.54, 1.807) is 13.8 Å². The summed E-state index contributed by atoms with van der Waals surface area (Å²) >= 11 is 0. The Morgan fingerprint density at radius 2 is 1.55 bits per heavy atom. The van der Waals surface area contributed by atoms with Crippen LogP contribution in [0.2, 0.25) is 0 Å². The summed E-state index contributed by atoms with van der Waals surface area (Å²) in [5.41, 5.74) is 10.6. The normalized spacial score (nSPS) is 15.9. The van der Waals surface area contributed by atoms with E-state index in [0.29, 0.717) is 6.42 Å². The fourth-order valence-corrected chi connectivity index (χ4v) is 2.22. The number of primary amides is 1. The topological polar surface area (TPSA) is 214 Å². The van der Waals surface area contributed by atoms with Crippen molar-refractivity contribution in [1.82, 2.24) is 16.0 Å². The number of aliphatic hydroxyl groups excluding tert-OH is 1. The van der Waals surface area contributed by atoms with Crippen LogP contribution in [0.4, 0.5) is 0 Å². The number of aliphatic hydroxyl groups is 1. The monoisotopic (exact) mass is 417 g/mol. The molecule has 166 valence electrons. The quantitative estimate of drug-likeness (QED) is 0.165. The number of nitrogens with two attached hydrogens (primary N) is 2. The van der Waals surface area contributed by atoms with Gasteiger partial charge in [-0.1, -0.05) is 20.3 Å². The number of carbonyl (C=O) groups excluding carboxylic acids is 4. The third-order valence-corrected chi connectivity index (χ3v) is 4.38. The third kappa shape index (κ3) is 9.34. The number of carbonyl (C=O) groups is 5. The summed E-state index contributed by atoms with van der Waals surface area (Å²) in [4.78, 5) is 58.6. The van der Waals surface area contributed by atoms with E-state index in [4.69, 9.17) is 16.6 Å². The predicted molar refractivity (Wildman–Crippen MR) is 102 cm³/mol. The number of hydrogen-bond donors (Lipinski definition) is 7. The molecule has 0 aromatic heterocycles. The minimum absolute atomic E-state index is 0.0358. The molecule has 0 saturated heterocycles. The summed E-state index contributed by atoms with van der Waals surface area (Å²) < 4.78 is 0. The fraction of sp³-hybridized carbons (Fsp3) is 0.706. The highest BCUT2D eigenvalue weighted by molar-refractivity contribution is 5.94. The molecule has 0 aromatic rings. The van der Waals surface area contributed by atoms with Gasteiger partial charge >= 0.3 is 5.97 Å². The Labute approximate surface area is 168 Å². The van der Waals surface area contributed by atoms with E-state index >= 15 is 0 Å². The Morgan fingerprint density at radius 1 is 0.966 bits per heavy atom. The number of rotatable bonds is 13. The van der Waals surface area contributed by atoms with Gasteiger partial charge in [-0.05, 0) is 19.3 Å². The number of nitrogens with one attached hydrogen (secondary N) is 3. The molecule has 0 aromatic carbocycles. The highest BCUT2D eigenvalue weighted by Crippen LogP contribution is 2.09. The lowest BCUT2D eigenvalue weighted by molar-refractivity contribution is -0.142. The third-order valence-electron chi connectivity index (χ3n) is 4.38. The lowest BCUT2D eigenvalue weighted by Crippen LogP contribution is -2.59. The Kier molecular flexibility index (Phi) is 11.5. The van der Waals surface area contributed by atoms with Crippen molar-refractivity contribution in [2.75, 3.05) is 6.61 Å². The van der Waals surface area contributed by atoms with Gasteiger partial charge in [0, 0.05) is 6.42 Å². The molecule has 0 fully saturated rings. The number of carboxylic acid groups (broad SMARTS) is 1. The average molecular weight is 417 g/mol. The highest BCUT2D eigenvalue weighted by atomic mass is 16.4. The Hall–Kier alpha value is -2.73. The van der Waals surface area contributed by atoms with E-state index in [9.17, 15) is 29.1 Å². The first-order valence-electron chi connectivity index (χ1n) is 9.23. The van der Waals surface area contributed by atoms with Crippen LogP contribution in [-0.4, -0.2) is 70.6 Å². The summed E-state index contributed by atoms with van der Waals surface area (Å²) in [7, 11) is 0. The molecule has 0 aliphatic rings. The molecule has 29 heavy (non-hydrogen) atoms. The van der Waals surface area contributed by atoms with Crippen LogP contribution in [0, 0.1) is 5.92 Å². The number of aliphatic carboxylic acids is 1. The minimum atomic E-state index is -1.39. The SMILES string of the molecule is CCC(C)C(NC(=O)C(CO)NC(=O)C(N)CCC(N)=O)C(=O)NC(C)C(=O)O. The van der Waals surface area contributed by atoms with E-state index < -0.39 is 60.4 Å². The first-order valence-corrected chi connectivity index (χ1v) is 9.23. The van der Waals surface area contributed by atoms with Gasteiger partial charge in [-0.3, -0.25) is 24.0 Å². The maximum Gasteiger partial charge on any atom is 0.325 e. The largest absolute Gasteiger partial charge is 0.480 e. The van der Waals surface area contributed by atoms with Crippen molar-refractivity contribution in [3.05, 3.63) is 0 Å². The predicted octanol–water partition coefficient (Wildman–Crippen LogP) is -2.82. The number of amides is 4. The molecular formula is C17H31N5O7. The summed E-state index contributed by atoms with van der Waals surface area (Å²) in [5, 5.41) is 25.3. The van der Waals surface area contributed by atoms with Gasteiger partial charge < -0.3 is 37.6 Å². The van der Waals surface area contributed by atoms with Gasteiger partial charge in [0.05, 0.1) is 12.6 Å². The zero-order valence-corrected chi connectivity index (χ0v) is 16.8. The summed E-state index contributed by atoms with van der Waals surface area (Å²) in [5.74, 6) is -4.55. The molecule has 4 amide bonds. The average Bonchev–Trinajstić information content (AvgIpc) is 2.66. The van der Waals surface area contributed by atoms with Gasteiger partial charge in [-0.2, -0.15) is 0 Å². The van der Waals surface area contributed by atoms with Crippen molar-refractivity contribution < 1.29 is 34.2 Å². The van der Waals surface area contributed by atoms with Crippen molar-refractivity contribution in [3.63, 3.8) is 0 Å². The maximum absolute atomic E-state index is 12.5. The van der Waals surface area contributed by atoms with Gasteiger partial charge in [-0.25, -0.2) is 0 Å². The first-order chi connectivity index (χ1) is 13.4. The molecule has 0 heterocycles. The molecule has 0 bridgehead atoms.